The van der Waals surface area contributed by atoms with Crippen LogP contribution in [0.25, 0.3) is 10.9 Å². The first kappa shape index (κ1) is 18.6. The average Bonchev–Trinajstić information content (AvgIpc) is 2.65. The molecule has 1 aliphatic rings. The molecule has 0 spiro atoms. The van der Waals surface area contributed by atoms with Crippen molar-refractivity contribution in [3.63, 3.8) is 0 Å². The maximum absolute atomic E-state index is 13.2. The van der Waals surface area contributed by atoms with E-state index in [4.69, 9.17) is 4.74 Å². The number of rotatable bonds is 6. The van der Waals surface area contributed by atoms with E-state index in [9.17, 15) is 14.0 Å². The molecule has 1 unspecified atom stereocenters. The van der Waals surface area contributed by atoms with Crippen molar-refractivity contribution in [1.29, 1.82) is 0 Å². The zero-order chi connectivity index (χ0) is 18.5. The van der Waals surface area contributed by atoms with Crippen LogP contribution in [0.5, 0.6) is 0 Å². The Morgan fingerprint density at radius 3 is 2.96 bits per heavy atom. The average molecular weight is 360 g/mol. The van der Waals surface area contributed by atoms with Crippen LogP contribution in [-0.2, 0) is 16.0 Å². The highest BCUT2D eigenvalue weighted by Crippen LogP contribution is 2.16. The number of aryl methyl sites for hydroxylation is 1. The molecule has 1 aromatic heterocycles. The summed E-state index contributed by atoms with van der Waals surface area (Å²) in [7, 11) is 1.79. The van der Waals surface area contributed by atoms with Crippen molar-refractivity contribution in [3.05, 3.63) is 46.0 Å². The Morgan fingerprint density at radius 2 is 2.19 bits per heavy atom. The number of nitrogens with zero attached hydrogens (tertiary/aromatic N) is 1. The van der Waals surface area contributed by atoms with Crippen LogP contribution in [0, 0.1) is 5.82 Å². The lowest BCUT2D eigenvalue weighted by Gasteiger charge is -2.25. The summed E-state index contributed by atoms with van der Waals surface area (Å²) in [5, 5.41) is 0.760. The first-order chi connectivity index (χ1) is 12.5. The molecule has 1 fully saturated rings. The molecule has 0 saturated carbocycles. The van der Waals surface area contributed by atoms with Crippen LogP contribution < -0.4 is 5.56 Å². The monoisotopic (exact) mass is 360 g/mol. The molecule has 6 heteroatoms. The molecule has 26 heavy (non-hydrogen) atoms. The van der Waals surface area contributed by atoms with Crippen LogP contribution in [-0.4, -0.2) is 42.1 Å². The highest BCUT2D eigenvalue weighted by Gasteiger charge is 2.16. The van der Waals surface area contributed by atoms with Crippen LogP contribution in [0.1, 0.15) is 37.7 Å². The molecule has 2 aromatic rings. The molecule has 1 atom stereocenters. The second-order valence-corrected chi connectivity index (χ2v) is 6.95. The first-order valence-electron chi connectivity index (χ1n) is 9.20. The van der Waals surface area contributed by atoms with Crippen LogP contribution in [0.2, 0.25) is 0 Å². The molecule has 3 rings (SSSR count). The van der Waals surface area contributed by atoms with Gasteiger partial charge in [0, 0.05) is 32.2 Å². The van der Waals surface area contributed by atoms with Gasteiger partial charge >= 0.3 is 0 Å². The fraction of sp³-hybridized carbons (Fsp3) is 0.500. The van der Waals surface area contributed by atoms with Gasteiger partial charge in [-0.1, -0.05) is 0 Å². The second-order valence-electron chi connectivity index (χ2n) is 6.95. The van der Waals surface area contributed by atoms with Crippen molar-refractivity contribution in [1.82, 2.24) is 9.88 Å². The summed E-state index contributed by atoms with van der Waals surface area (Å²) >= 11 is 0. The van der Waals surface area contributed by atoms with Crippen molar-refractivity contribution in [2.75, 3.05) is 20.2 Å². The first-order valence-corrected chi connectivity index (χ1v) is 9.20. The number of nitrogens with one attached hydrogen (secondary N) is 1. The number of hydrogen-bond acceptors (Lipinski definition) is 3. The number of pyridine rings is 1. The predicted octanol–water partition coefficient (Wildman–Crippen LogP) is 3.02. The quantitative estimate of drug-likeness (QED) is 0.861. The van der Waals surface area contributed by atoms with E-state index in [-0.39, 0.29) is 29.8 Å². The minimum Gasteiger partial charge on any atom is -0.378 e. The number of aromatic amines is 1. The minimum absolute atomic E-state index is 0.0133. The largest absolute Gasteiger partial charge is 0.378 e. The molecule has 1 amide bonds. The molecule has 140 valence electrons. The Hall–Kier alpha value is -2.21. The fourth-order valence-corrected chi connectivity index (χ4v) is 3.33. The van der Waals surface area contributed by atoms with Crippen molar-refractivity contribution >= 4 is 16.8 Å². The zero-order valence-electron chi connectivity index (χ0n) is 15.1. The molecule has 5 nitrogen and oxygen atoms in total. The van der Waals surface area contributed by atoms with Gasteiger partial charge in [-0.25, -0.2) is 4.39 Å². The highest BCUT2D eigenvalue weighted by molar-refractivity contribution is 5.79. The van der Waals surface area contributed by atoms with Gasteiger partial charge in [-0.05, 0) is 61.8 Å². The number of benzene rings is 1. The number of carbonyl (C=O) groups excluding carboxylic acids is 1. The van der Waals surface area contributed by atoms with E-state index < -0.39 is 0 Å². The van der Waals surface area contributed by atoms with E-state index in [2.05, 4.69) is 4.98 Å². The summed E-state index contributed by atoms with van der Waals surface area (Å²) in [5.41, 5.74) is 0.741. The summed E-state index contributed by atoms with van der Waals surface area (Å²) in [5.74, 6) is -0.376. The number of H-pyrrole nitrogens is 1. The van der Waals surface area contributed by atoms with E-state index >= 15 is 0 Å². The lowest BCUT2D eigenvalue weighted by molar-refractivity contribution is -0.130. The Balaban J connectivity index is 1.55. The summed E-state index contributed by atoms with van der Waals surface area (Å²) in [6, 6.07) is 6.02. The van der Waals surface area contributed by atoms with Crippen LogP contribution in [0.15, 0.2) is 29.1 Å². The van der Waals surface area contributed by atoms with Gasteiger partial charge in [-0.15, -0.1) is 0 Å². The number of carbonyl (C=O) groups is 1. The molecular weight excluding hydrogens is 335 g/mol. The maximum Gasteiger partial charge on any atom is 0.251 e. The Morgan fingerprint density at radius 1 is 1.35 bits per heavy atom. The lowest BCUT2D eigenvalue weighted by Crippen LogP contribution is -2.32. The summed E-state index contributed by atoms with van der Waals surface area (Å²) in [6.07, 6.45) is 5.13. The van der Waals surface area contributed by atoms with Gasteiger partial charge in [0.25, 0.3) is 5.56 Å². The van der Waals surface area contributed by atoms with Gasteiger partial charge in [0.1, 0.15) is 5.82 Å². The number of fused-ring (bicyclic) bond motifs is 1. The van der Waals surface area contributed by atoms with E-state index in [1.54, 1.807) is 24.1 Å². The third kappa shape index (κ3) is 4.69. The van der Waals surface area contributed by atoms with E-state index in [0.29, 0.717) is 24.0 Å². The SMILES string of the molecule is CN(CCC1CCCCO1)C(=O)CCc1cc2ccc(F)cc2[nH]c1=O. The molecule has 2 heterocycles. The lowest BCUT2D eigenvalue weighted by atomic mass is 10.1. The predicted molar refractivity (Wildman–Crippen MR) is 98.7 cm³/mol. The Bertz CT molecular complexity index is 827. The van der Waals surface area contributed by atoms with Gasteiger partial charge < -0.3 is 14.6 Å². The van der Waals surface area contributed by atoms with Crippen LogP contribution in [0.4, 0.5) is 4.39 Å². The number of ether oxygens (including phenoxy) is 1. The van der Waals surface area contributed by atoms with Gasteiger partial charge in [-0.2, -0.15) is 0 Å². The van der Waals surface area contributed by atoms with Crippen molar-refractivity contribution in [2.45, 2.75) is 44.6 Å². The van der Waals surface area contributed by atoms with Gasteiger partial charge in [-0.3, -0.25) is 9.59 Å². The van der Waals surface area contributed by atoms with Gasteiger partial charge in [0.05, 0.1) is 11.6 Å². The standard InChI is InChI=1S/C20H25FN2O3/c1-23(10-9-17-4-2-3-11-26-17)19(24)8-6-15-12-14-5-7-16(21)13-18(14)22-20(15)25/h5,7,12-13,17H,2-4,6,8-11H2,1H3,(H,22,25). The van der Waals surface area contributed by atoms with Crippen molar-refractivity contribution < 1.29 is 13.9 Å². The summed E-state index contributed by atoms with van der Waals surface area (Å²) in [4.78, 5) is 28.9. The van der Waals surface area contributed by atoms with Crippen molar-refractivity contribution in [2.24, 2.45) is 0 Å². The molecule has 1 saturated heterocycles. The molecule has 1 aliphatic heterocycles. The third-order valence-electron chi connectivity index (χ3n) is 4.98. The van der Waals surface area contributed by atoms with E-state index in [1.807, 2.05) is 0 Å². The highest BCUT2D eigenvalue weighted by atomic mass is 19.1. The Labute approximate surface area is 152 Å². The van der Waals surface area contributed by atoms with Crippen LogP contribution >= 0.6 is 0 Å². The normalized spacial score (nSPS) is 17.4. The molecule has 0 bridgehead atoms. The molecule has 0 aliphatic carbocycles. The van der Waals surface area contributed by atoms with E-state index in [0.717, 1.165) is 31.3 Å². The second kappa shape index (κ2) is 8.45. The molecule has 1 N–H and O–H groups in total. The number of aromatic nitrogens is 1. The van der Waals surface area contributed by atoms with E-state index in [1.165, 1.54) is 18.6 Å². The molecular formula is C20H25FN2O3. The molecule has 0 radical (unpaired) electrons. The summed E-state index contributed by atoms with van der Waals surface area (Å²) in [6.45, 7) is 1.48. The fourth-order valence-electron chi connectivity index (χ4n) is 3.33. The smallest absolute Gasteiger partial charge is 0.251 e. The van der Waals surface area contributed by atoms with Gasteiger partial charge in [0.15, 0.2) is 0 Å². The van der Waals surface area contributed by atoms with Crippen LogP contribution in [0.3, 0.4) is 0 Å². The molecule has 1 aromatic carbocycles. The Kier molecular flexibility index (Phi) is 6.04. The number of hydrogen-bond donors (Lipinski definition) is 1. The topological polar surface area (TPSA) is 62.4 Å². The summed E-state index contributed by atoms with van der Waals surface area (Å²) < 4.78 is 18.9. The number of amides is 1. The minimum atomic E-state index is -0.389. The van der Waals surface area contributed by atoms with Gasteiger partial charge in [0.2, 0.25) is 5.91 Å². The third-order valence-corrected chi connectivity index (χ3v) is 4.98. The zero-order valence-corrected chi connectivity index (χ0v) is 15.1. The number of halogens is 1. The maximum atomic E-state index is 13.2. The van der Waals surface area contributed by atoms with Crippen molar-refractivity contribution in [3.8, 4) is 0 Å².